The molecule has 2 aromatic heterocycles. The molecule has 4 rings (SSSR count). The van der Waals surface area contributed by atoms with Gasteiger partial charge in [0.2, 0.25) is 11.6 Å². The van der Waals surface area contributed by atoms with Crippen molar-refractivity contribution < 1.29 is 4.79 Å². The van der Waals surface area contributed by atoms with Gasteiger partial charge in [0.1, 0.15) is 6.54 Å². The van der Waals surface area contributed by atoms with Crippen LogP contribution in [-0.4, -0.2) is 38.2 Å². The summed E-state index contributed by atoms with van der Waals surface area (Å²) in [4.78, 5) is 32.0. The SMILES string of the molecule is Cc1cc(C)cc(NC(=O)Cn2nc3c(N4CCCCCC4)nccn3c2=O)c1. The van der Waals surface area contributed by atoms with E-state index in [1.165, 1.54) is 21.9 Å². The highest BCUT2D eigenvalue weighted by Crippen LogP contribution is 2.20. The Balaban J connectivity index is 1.59. The van der Waals surface area contributed by atoms with Crippen LogP contribution in [-0.2, 0) is 11.3 Å². The zero-order chi connectivity index (χ0) is 20.4. The van der Waals surface area contributed by atoms with Crippen molar-refractivity contribution in [3.05, 3.63) is 52.2 Å². The van der Waals surface area contributed by atoms with Gasteiger partial charge in [0.25, 0.3) is 0 Å². The number of aryl methyl sites for hydroxylation is 2. The molecule has 1 amide bonds. The smallest absolute Gasteiger partial charge is 0.350 e. The van der Waals surface area contributed by atoms with Crippen LogP contribution >= 0.6 is 0 Å². The minimum atomic E-state index is -0.339. The van der Waals surface area contributed by atoms with Gasteiger partial charge in [-0.25, -0.2) is 18.9 Å². The van der Waals surface area contributed by atoms with Gasteiger partial charge in [-0.1, -0.05) is 18.9 Å². The zero-order valence-electron chi connectivity index (χ0n) is 16.9. The monoisotopic (exact) mass is 394 g/mol. The van der Waals surface area contributed by atoms with Crippen LogP contribution in [0, 0.1) is 13.8 Å². The summed E-state index contributed by atoms with van der Waals surface area (Å²) >= 11 is 0. The second-order valence-corrected chi connectivity index (χ2v) is 7.71. The standard InChI is InChI=1S/C21H26N6O2/c1-15-11-16(2)13-17(12-15)23-18(28)14-27-21(29)26-10-7-22-19(20(26)24-27)25-8-5-3-4-6-9-25/h7,10-13H,3-6,8-9,14H2,1-2H3,(H,23,28). The number of carbonyl (C=O) groups excluding carboxylic acids is 1. The lowest BCUT2D eigenvalue weighted by atomic mass is 10.1. The Morgan fingerprint density at radius 3 is 2.45 bits per heavy atom. The predicted molar refractivity (Wildman–Crippen MR) is 112 cm³/mol. The number of hydrogen-bond acceptors (Lipinski definition) is 5. The third-order valence-corrected chi connectivity index (χ3v) is 5.19. The molecular weight excluding hydrogens is 368 g/mol. The largest absolute Gasteiger partial charge is 0.353 e. The van der Waals surface area contributed by atoms with Gasteiger partial charge < -0.3 is 10.2 Å². The fourth-order valence-corrected chi connectivity index (χ4v) is 3.93. The maximum atomic E-state index is 12.8. The molecule has 8 heteroatoms. The second-order valence-electron chi connectivity index (χ2n) is 7.71. The van der Waals surface area contributed by atoms with E-state index in [-0.39, 0.29) is 18.1 Å². The molecule has 1 aromatic carbocycles. The molecule has 1 aliphatic rings. The highest BCUT2D eigenvalue weighted by molar-refractivity contribution is 5.90. The van der Waals surface area contributed by atoms with Crippen LogP contribution < -0.4 is 15.9 Å². The van der Waals surface area contributed by atoms with Crippen LogP contribution in [0.25, 0.3) is 5.65 Å². The Hall–Kier alpha value is -3.16. The molecule has 0 saturated carbocycles. The highest BCUT2D eigenvalue weighted by Gasteiger charge is 2.19. The molecule has 1 N–H and O–H groups in total. The molecule has 3 heterocycles. The van der Waals surface area contributed by atoms with E-state index in [0.29, 0.717) is 11.5 Å². The molecule has 1 aliphatic heterocycles. The predicted octanol–water partition coefficient (Wildman–Crippen LogP) is 2.53. The first kappa shape index (κ1) is 19.2. The number of amides is 1. The van der Waals surface area contributed by atoms with E-state index in [9.17, 15) is 9.59 Å². The molecule has 0 bridgehead atoms. The third-order valence-electron chi connectivity index (χ3n) is 5.19. The van der Waals surface area contributed by atoms with Crippen LogP contribution in [0.3, 0.4) is 0 Å². The van der Waals surface area contributed by atoms with Crippen LogP contribution in [0.1, 0.15) is 36.8 Å². The second kappa shape index (κ2) is 8.06. The number of hydrogen-bond donors (Lipinski definition) is 1. The quantitative estimate of drug-likeness (QED) is 0.735. The van der Waals surface area contributed by atoms with Crippen molar-refractivity contribution in [1.82, 2.24) is 19.2 Å². The van der Waals surface area contributed by atoms with Crippen molar-refractivity contribution in [2.24, 2.45) is 0 Å². The number of nitrogens with zero attached hydrogens (tertiary/aromatic N) is 5. The Kier molecular flexibility index (Phi) is 5.33. The average Bonchev–Trinajstić information content (AvgIpc) is 2.85. The number of nitrogens with one attached hydrogen (secondary N) is 1. The Labute approximate surface area is 169 Å². The van der Waals surface area contributed by atoms with Crippen molar-refractivity contribution in [2.45, 2.75) is 46.1 Å². The van der Waals surface area contributed by atoms with E-state index in [2.05, 4.69) is 20.3 Å². The number of rotatable bonds is 4. The van der Waals surface area contributed by atoms with Crippen LogP contribution in [0.4, 0.5) is 11.5 Å². The number of anilines is 2. The van der Waals surface area contributed by atoms with E-state index in [0.717, 1.165) is 42.7 Å². The van der Waals surface area contributed by atoms with Gasteiger partial charge in [0.05, 0.1) is 0 Å². The van der Waals surface area contributed by atoms with Gasteiger partial charge in [0, 0.05) is 31.2 Å². The third kappa shape index (κ3) is 4.16. The number of aromatic nitrogens is 4. The van der Waals surface area contributed by atoms with Gasteiger partial charge in [-0.2, -0.15) is 0 Å². The van der Waals surface area contributed by atoms with Gasteiger partial charge in [-0.3, -0.25) is 4.79 Å². The number of benzene rings is 1. The molecule has 1 fully saturated rings. The van der Waals surface area contributed by atoms with E-state index >= 15 is 0 Å². The van der Waals surface area contributed by atoms with Crippen LogP contribution in [0.5, 0.6) is 0 Å². The number of carbonyl (C=O) groups is 1. The van der Waals surface area contributed by atoms with E-state index in [1.807, 2.05) is 32.0 Å². The zero-order valence-corrected chi connectivity index (χ0v) is 16.9. The van der Waals surface area contributed by atoms with Crippen molar-refractivity contribution >= 4 is 23.1 Å². The van der Waals surface area contributed by atoms with Crippen molar-refractivity contribution in [1.29, 1.82) is 0 Å². The molecular formula is C21H26N6O2. The molecule has 8 nitrogen and oxygen atoms in total. The molecule has 29 heavy (non-hydrogen) atoms. The fraction of sp³-hybridized carbons (Fsp3) is 0.429. The van der Waals surface area contributed by atoms with Gasteiger partial charge in [-0.05, 0) is 49.9 Å². The lowest BCUT2D eigenvalue weighted by molar-refractivity contribution is -0.117. The minimum Gasteiger partial charge on any atom is -0.353 e. The van der Waals surface area contributed by atoms with Gasteiger partial charge in [0.15, 0.2) is 5.82 Å². The molecule has 0 spiro atoms. The molecule has 152 valence electrons. The summed E-state index contributed by atoms with van der Waals surface area (Å²) in [6.07, 6.45) is 7.84. The van der Waals surface area contributed by atoms with Crippen molar-refractivity contribution in [2.75, 3.05) is 23.3 Å². The van der Waals surface area contributed by atoms with Gasteiger partial charge in [-0.15, -0.1) is 5.10 Å². The molecule has 0 radical (unpaired) electrons. The lowest BCUT2D eigenvalue weighted by Crippen LogP contribution is -2.28. The van der Waals surface area contributed by atoms with Crippen LogP contribution in [0.2, 0.25) is 0 Å². The molecule has 0 aliphatic carbocycles. The summed E-state index contributed by atoms with van der Waals surface area (Å²) in [5.74, 6) is 0.421. The summed E-state index contributed by atoms with van der Waals surface area (Å²) in [5.41, 5.74) is 3.01. The normalized spacial score (nSPS) is 14.8. The summed E-state index contributed by atoms with van der Waals surface area (Å²) in [5, 5.41) is 7.29. The molecule has 0 unspecified atom stereocenters. The first-order valence-corrected chi connectivity index (χ1v) is 10.1. The minimum absolute atomic E-state index is 0.146. The van der Waals surface area contributed by atoms with Crippen molar-refractivity contribution in [3.8, 4) is 0 Å². The van der Waals surface area contributed by atoms with E-state index in [1.54, 1.807) is 12.4 Å². The van der Waals surface area contributed by atoms with E-state index < -0.39 is 0 Å². The fourth-order valence-electron chi connectivity index (χ4n) is 3.93. The molecule has 0 atom stereocenters. The summed E-state index contributed by atoms with van der Waals surface area (Å²) < 4.78 is 2.67. The average molecular weight is 394 g/mol. The Morgan fingerprint density at radius 2 is 1.76 bits per heavy atom. The number of fused-ring (bicyclic) bond motifs is 1. The van der Waals surface area contributed by atoms with E-state index in [4.69, 9.17) is 0 Å². The maximum Gasteiger partial charge on any atom is 0.350 e. The highest BCUT2D eigenvalue weighted by atomic mass is 16.2. The Bertz CT molecular complexity index is 1070. The molecule has 1 saturated heterocycles. The summed E-state index contributed by atoms with van der Waals surface area (Å²) in [7, 11) is 0. The lowest BCUT2D eigenvalue weighted by Gasteiger charge is -2.20. The van der Waals surface area contributed by atoms with Crippen LogP contribution in [0.15, 0.2) is 35.4 Å². The summed E-state index contributed by atoms with van der Waals surface area (Å²) in [6.45, 7) is 5.62. The summed E-state index contributed by atoms with van der Waals surface area (Å²) in [6, 6.07) is 5.84. The maximum absolute atomic E-state index is 12.8. The van der Waals surface area contributed by atoms with Gasteiger partial charge >= 0.3 is 5.69 Å². The first-order valence-electron chi connectivity index (χ1n) is 10.1. The molecule has 3 aromatic rings. The first-order chi connectivity index (χ1) is 14.0. The Morgan fingerprint density at radius 1 is 1.07 bits per heavy atom. The van der Waals surface area contributed by atoms with Crippen molar-refractivity contribution in [3.63, 3.8) is 0 Å². The topological polar surface area (TPSA) is 84.5 Å².